The second-order valence-electron chi connectivity index (χ2n) is 6.62. The molecule has 3 rings (SSSR count). The minimum absolute atomic E-state index is 0.128. The third-order valence-electron chi connectivity index (χ3n) is 4.34. The molecule has 0 aliphatic rings. The molecule has 2 aromatic carbocycles. The quantitative estimate of drug-likeness (QED) is 0.477. The van der Waals surface area contributed by atoms with Crippen LogP contribution in [-0.4, -0.2) is 34.3 Å². The van der Waals surface area contributed by atoms with E-state index in [2.05, 4.69) is 56.6 Å². The molecule has 6 nitrogen and oxygen atoms in total. The van der Waals surface area contributed by atoms with Crippen LogP contribution in [0.5, 0.6) is 0 Å². The molecule has 0 N–H and O–H groups in total. The zero-order valence-corrected chi connectivity index (χ0v) is 16.2. The molecule has 0 spiro atoms. The molecule has 0 bridgehead atoms. The molecule has 0 aliphatic carbocycles. The molecule has 0 saturated carbocycles. The van der Waals surface area contributed by atoms with Gasteiger partial charge in [0.05, 0.1) is 23.8 Å². The number of azo groups is 1. The van der Waals surface area contributed by atoms with Gasteiger partial charge in [-0.25, -0.2) is 0 Å². The molecule has 1 unspecified atom stereocenters. The molecule has 0 aliphatic heterocycles. The maximum Gasteiger partial charge on any atom is 0.110 e. The highest BCUT2D eigenvalue weighted by atomic mass is 15.5. The lowest BCUT2D eigenvalue weighted by Gasteiger charge is -2.10. The number of aliphatic imine (C=N–C) groups is 1. The normalized spacial score (nSPS) is 12.9. The first-order chi connectivity index (χ1) is 13.1. The van der Waals surface area contributed by atoms with E-state index in [9.17, 15) is 0 Å². The number of nitrogens with zero attached hydrogens (tertiary/aromatic N) is 6. The van der Waals surface area contributed by atoms with E-state index in [4.69, 9.17) is 0 Å². The predicted molar refractivity (Wildman–Crippen MR) is 108 cm³/mol. The van der Waals surface area contributed by atoms with Gasteiger partial charge in [0, 0.05) is 19.7 Å². The van der Waals surface area contributed by atoms with E-state index in [1.807, 2.05) is 32.2 Å². The number of hydrogen-bond acceptors (Lipinski definition) is 5. The summed E-state index contributed by atoms with van der Waals surface area (Å²) in [7, 11) is 1.76. The average molecular weight is 360 g/mol. The lowest BCUT2D eigenvalue weighted by atomic mass is 10.0. The van der Waals surface area contributed by atoms with Crippen LogP contribution in [0, 0.1) is 20.8 Å². The molecule has 0 fully saturated rings. The van der Waals surface area contributed by atoms with Gasteiger partial charge in [0.2, 0.25) is 0 Å². The Morgan fingerprint density at radius 3 is 2.48 bits per heavy atom. The third kappa shape index (κ3) is 4.73. The van der Waals surface area contributed by atoms with Crippen LogP contribution in [0.3, 0.4) is 0 Å². The van der Waals surface area contributed by atoms with Crippen LogP contribution < -0.4 is 0 Å². The smallest absolute Gasteiger partial charge is 0.110 e. The summed E-state index contributed by atoms with van der Waals surface area (Å²) >= 11 is 0. The Morgan fingerprint density at radius 1 is 1.00 bits per heavy atom. The fourth-order valence-corrected chi connectivity index (χ4v) is 2.93. The Kier molecular flexibility index (Phi) is 5.86. The molecule has 0 radical (unpaired) electrons. The molecule has 1 aromatic heterocycles. The molecule has 27 heavy (non-hydrogen) atoms. The van der Waals surface area contributed by atoms with Crippen LogP contribution in [0.15, 0.2) is 64.0 Å². The molecule has 0 amide bonds. The highest BCUT2D eigenvalue weighted by Crippen LogP contribution is 2.21. The van der Waals surface area contributed by atoms with E-state index >= 15 is 0 Å². The maximum atomic E-state index is 4.52. The van der Waals surface area contributed by atoms with Gasteiger partial charge in [-0.15, -0.1) is 0 Å². The Labute approximate surface area is 159 Å². The number of hydrogen-bond donors (Lipinski definition) is 0. The Morgan fingerprint density at radius 2 is 1.78 bits per heavy atom. The van der Waals surface area contributed by atoms with Gasteiger partial charge in [-0.2, -0.15) is 25.2 Å². The average Bonchev–Trinajstić information content (AvgIpc) is 3.17. The van der Waals surface area contributed by atoms with Crippen molar-refractivity contribution >= 4 is 11.9 Å². The summed E-state index contributed by atoms with van der Waals surface area (Å²) in [5.74, 6) is 0. The molecular formula is C21H24N6. The Hall–Kier alpha value is -3.15. The fraction of sp³-hybridized carbons (Fsp3) is 0.286. The summed E-state index contributed by atoms with van der Waals surface area (Å²) in [4.78, 5) is 5.80. The van der Waals surface area contributed by atoms with Crippen molar-refractivity contribution < 1.29 is 0 Å². The van der Waals surface area contributed by atoms with E-state index in [1.165, 1.54) is 5.56 Å². The van der Waals surface area contributed by atoms with Gasteiger partial charge in [-0.3, -0.25) is 4.99 Å². The molecule has 1 atom stereocenters. The minimum Gasteiger partial charge on any atom is -0.299 e. The standard InChI is InChI=1S/C21H24N6/c1-15-5-8-20(17(3)11-15)26-25-19(14-22-4)12-18-7-6-16(2)21(13-18)27-23-9-10-24-27/h5-11,13-14,19H,12H2,1-4H3. The largest absolute Gasteiger partial charge is 0.299 e. The number of rotatable bonds is 6. The topological polar surface area (TPSA) is 67.8 Å². The summed E-state index contributed by atoms with van der Waals surface area (Å²) in [6.07, 6.45) is 5.90. The molecule has 0 saturated heterocycles. The van der Waals surface area contributed by atoms with Crippen molar-refractivity contribution in [3.8, 4) is 5.69 Å². The van der Waals surface area contributed by atoms with Crippen LogP contribution >= 0.6 is 0 Å². The summed E-state index contributed by atoms with van der Waals surface area (Å²) in [5, 5.41) is 17.4. The van der Waals surface area contributed by atoms with E-state index in [1.54, 1.807) is 24.2 Å². The van der Waals surface area contributed by atoms with Crippen LogP contribution in [0.1, 0.15) is 22.3 Å². The highest BCUT2D eigenvalue weighted by Gasteiger charge is 2.10. The first-order valence-corrected chi connectivity index (χ1v) is 8.93. The van der Waals surface area contributed by atoms with Gasteiger partial charge in [-0.05, 0) is 49.6 Å². The van der Waals surface area contributed by atoms with E-state index in [-0.39, 0.29) is 6.04 Å². The first-order valence-electron chi connectivity index (χ1n) is 8.93. The van der Waals surface area contributed by atoms with Gasteiger partial charge in [-0.1, -0.05) is 29.8 Å². The summed E-state index contributed by atoms with van der Waals surface area (Å²) < 4.78 is 0. The van der Waals surface area contributed by atoms with E-state index in [0.717, 1.165) is 28.1 Å². The number of aromatic nitrogens is 3. The molecule has 6 heteroatoms. The van der Waals surface area contributed by atoms with E-state index < -0.39 is 0 Å². The van der Waals surface area contributed by atoms with Crippen LogP contribution in [0.25, 0.3) is 5.69 Å². The second-order valence-corrected chi connectivity index (χ2v) is 6.62. The highest BCUT2D eigenvalue weighted by molar-refractivity contribution is 5.65. The Bertz CT molecular complexity index is 957. The SMILES string of the molecule is CN=CC(Cc1ccc(C)c(-n2nccn2)c1)N=Nc1ccc(C)cc1C. The summed E-state index contributed by atoms with van der Waals surface area (Å²) in [5.41, 5.74) is 6.45. The van der Waals surface area contributed by atoms with Crippen LogP contribution in [0.4, 0.5) is 5.69 Å². The second kappa shape index (κ2) is 8.49. The maximum absolute atomic E-state index is 4.52. The zero-order valence-electron chi connectivity index (χ0n) is 16.2. The molecule has 138 valence electrons. The van der Waals surface area contributed by atoms with Crippen molar-refractivity contribution in [1.29, 1.82) is 0 Å². The van der Waals surface area contributed by atoms with E-state index in [0.29, 0.717) is 6.42 Å². The summed E-state index contributed by atoms with van der Waals surface area (Å²) in [6.45, 7) is 6.17. The molecule has 3 aromatic rings. The van der Waals surface area contributed by atoms with Gasteiger partial charge in [0.25, 0.3) is 0 Å². The Balaban J connectivity index is 1.82. The minimum atomic E-state index is -0.128. The van der Waals surface area contributed by atoms with Gasteiger partial charge in [0.1, 0.15) is 6.04 Å². The molecule has 1 heterocycles. The van der Waals surface area contributed by atoms with Crippen molar-refractivity contribution in [2.45, 2.75) is 33.2 Å². The van der Waals surface area contributed by atoms with Gasteiger partial charge < -0.3 is 0 Å². The van der Waals surface area contributed by atoms with Crippen molar-refractivity contribution in [2.75, 3.05) is 7.05 Å². The first kappa shape index (κ1) is 18.6. The fourth-order valence-electron chi connectivity index (χ4n) is 2.93. The van der Waals surface area contributed by atoms with Gasteiger partial charge in [0.15, 0.2) is 0 Å². The van der Waals surface area contributed by atoms with Crippen LogP contribution in [0.2, 0.25) is 0 Å². The molecular weight excluding hydrogens is 336 g/mol. The van der Waals surface area contributed by atoms with Crippen LogP contribution in [-0.2, 0) is 6.42 Å². The zero-order chi connectivity index (χ0) is 19.2. The number of aryl methyl sites for hydroxylation is 3. The summed E-state index contributed by atoms with van der Waals surface area (Å²) in [6, 6.07) is 12.3. The lowest BCUT2D eigenvalue weighted by molar-refractivity contribution is 0.742. The van der Waals surface area contributed by atoms with Crippen molar-refractivity contribution in [3.05, 3.63) is 71.0 Å². The van der Waals surface area contributed by atoms with Crippen molar-refractivity contribution in [3.63, 3.8) is 0 Å². The third-order valence-corrected chi connectivity index (χ3v) is 4.34. The predicted octanol–water partition coefficient (Wildman–Crippen LogP) is 4.59. The monoisotopic (exact) mass is 360 g/mol. The number of benzene rings is 2. The van der Waals surface area contributed by atoms with Crippen molar-refractivity contribution in [2.24, 2.45) is 15.2 Å². The lowest BCUT2D eigenvalue weighted by Crippen LogP contribution is -2.11. The van der Waals surface area contributed by atoms with Gasteiger partial charge >= 0.3 is 0 Å². The van der Waals surface area contributed by atoms with Crippen molar-refractivity contribution in [1.82, 2.24) is 15.0 Å².